The molecule has 2 atom stereocenters. The van der Waals surface area contributed by atoms with E-state index in [0.29, 0.717) is 33.6 Å². The third-order valence-corrected chi connectivity index (χ3v) is 3.07. The Morgan fingerprint density at radius 3 is 2.53 bits per heavy atom. The molecule has 1 aliphatic rings. The molecule has 0 radical (unpaired) electrons. The van der Waals surface area contributed by atoms with Crippen LogP contribution in [0.15, 0.2) is 6.07 Å². The smallest absolute Gasteiger partial charge is 0.161 e. The van der Waals surface area contributed by atoms with E-state index in [4.69, 9.17) is 29.0 Å². The van der Waals surface area contributed by atoms with Gasteiger partial charge in [-0.2, -0.15) is 0 Å². The monoisotopic (exact) mass is 246 g/mol. The topological polar surface area (TPSA) is 63.0 Å². The zero-order chi connectivity index (χ0) is 11.0. The maximum atomic E-state index is 6.00. The molecule has 15 heavy (non-hydrogen) atoms. The number of nitrogens with two attached hydrogens (primary N) is 1. The molecule has 1 saturated carbocycles. The molecule has 1 fully saturated rings. The van der Waals surface area contributed by atoms with Crippen molar-refractivity contribution in [2.75, 3.05) is 10.7 Å². The SMILES string of the molecule is CC1CC1Nc1nc(NN)c(Cl)cc1Cl. The predicted molar refractivity (Wildman–Crippen MR) is 63.3 cm³/mol. The Labute approximate surface area is 98.1 Å². The fraction of sp³-hybridized carbons (Fsp3) is 0.444. The van der Waals surface area contributed by atoms with Crippen LogP contribution in [0.1, 0.15) is 13.3 Å². The number of halogens is 2. The van der Waals surface area contributed by atoms with Gasteiger partial charge in [0, 0.05) is 6.04 Å². The van der Waals surface area contributed by atoms with Crippen molar-refractivity contribution in [1.82, 2.24) is 4.98 Å². The van der Waals surface area contributed by atoms with Gasteiger partial charge in [-0.15, -0.1) is 0 Å². The van der Waals surface area contributed by atoms with Gasteiger partial charge in [0.25, 0.3) is 0 Å². The van der Waals surface area contributed by atoms with Crippen LogP contribution in [0.25, 0.3) is 0 Å². The zero-order valence-corrected chi connectivity index (χ0v) is 9.73. The van der Waals surface area contributed by atoms with Gasteiger partial charge >= 0.3 is 0 Å². The summed E-state index contributed by atoms with van der Waals surface area (Å²) in [6.45, 7) is 2.17. The Morgan fingerprint density at radius 2 is 2.00 bits per heavy atom. The number of aromatic nitrogens is 1. The van der Waals surface area contributed by atoms with Gasteiger partial charge in [-0.3, -0.25) is 0 Å². The van der Waals surface area contributed by atoms with Gasteiger partial charge in [-0.25, -0.2) is 10.8 Å². The largest absolute Gasteiger partial charge is 0.366 e. The lowest BCUT2D eigenvalue weighted by atomic mass is 10.4. The van der Waals surface area contributed by atoms with Gasteiger partial charge < -0.3 is 10.7 Å². The number of hydrazine groups is 1. The Morgan fingerprint density at radius 1 is 1.40 bits per heavy atom. The van der Waals surface area contributed by atoms with Gasteiger partial charge in [-0.1, -0.05) is 30.1 Å². The first-order valence-corrected chi connectivity index (χ1v) is 5.46. The van der Waals surface area contributed by atoms with Crippen LogP contribution in [0, 0.1) is 5.92 Å². The molecule has 4 nitrogen and oxygen atoms in total. The average Bonchev–Trinajstić information content (AvgIpc) is 2.87. The third kappa shape index (κ3) is 2.27. The van der Waals surface area contributed by atoms with Crippen LogP contribution < -0.4 is 16.6 Å². The van der Waals surface area contributed by atoms with E-state index in [9.17, 15) is 0 Å². The van der Waals surface area contributed by atoms with Crippen molar-refractivity contribution >= 4 is 34.8 Å². The summed E-state index contributed by atoms with van der Waals surface area (Å²) in [4.78, 5) is 4.19. The van der Waals surface area contributed by atoms with Crippen LogP contribution in [-0.4, -0.2) is 11.0 Å². The van der Waals surface area contributed by atoms with E-state index in [1.807, 2.05) is 0 Å². The van der Waals surface area contributed by atoms with Gasteiger partial charge in [0.1, 0.15) is 5.82 Å². The Bertz CT molecular complexity index is 383. The van der Waals surface area contributed by atoms with Crippen LogP contribution in [0.3, 0.4) is 0 Å². The highest BCUT2D eigenvalue weighted by atomic mass is 35.5. The fourth-order valence-corrected chi connectivity index (χ4v) is 1.84. The second-order valence-electron chi connectivity index (χ2n) is 3.76. The number of anilines is 2. The number of nitrogens with zero attached hydrogens (tertiary/aromatic N) is 1. The quantitative estimate of drug-likeness (QED) is 0.567. The molecule has 4 N–H and O–H groups in total. The van der Waals surface area contributed by atoms with E-state index in [2.05, 4.69) is 22.7 Å². The molecule has 2 unspecified atom stereocenters. The lowest BCUT2D eigenvalue weighted by molar-refractivity contribution is 0.924. The first kappa shape index (κ1) is 10.8. The molecule has 1 aromatic rings. The van der Waals surface area contributed by atoms with Crippen molar-refractivity contribution in [3.63, 3.8) is 0 Å². The van der Waals surface area contributed by atoms with Gasteiger partial charge in [0.2, 0.25) is 0 Å². The van der Waals surface area contributed by atoms with E-state index in [1.54, 1.807) is 6.07 Å². The van der Waals surface area contributed by atoms with Crippen LogP contribution in [0.2, 0.25) is 10.0 Å². The molecule has 1 aromatic heterocycles. The molecule has 1 aliphatic carbocycles. The number of pyridine rings is 1. The molecule has 0 amide bonds. The van der Waals surface area contributed by atoms with Gasteiger partial charge in [0.15, 0.2) is 5.82 Å². The molecule has 0 aromatic carbocycles. The van der Waals surface area contributed by atoms with E-state index < -0.39 is 0 Å². The minimum atomic E-state index is 0.414. The molecule has 0 spiro atoms. The summed E-state index contributed by atoms with van der Waals surface area (Å²) in [5.74, 6) is 7.01. The number of nitrogen functional groups attached to an aromatic ring is 1. The fourth-order valence-electron chi connectivity index (χ4n) is 1.37. The number of hydrogen-bond donors (Lipinski definition) is 3. The number of rotatable bonds is 3. The first-order chi connectivity index (χ1) is 7.11. The highest BCUT2D eigenvalue weighted by Crippen LogP contribution is 2.36. The molecule has 2 rings (SSSR count). The summed E-state index contributed by atoms with van der Waals surface area (Å²) in [6.07, 6.45) is 1.14. The Balaban J connectivity index is 2.22. The van der Waals surface area contributed by atoms with Crippen LogP contribution in [0.5, 0.6) is 0 Å². The van der Waals surface area contributed by atoms with Crippen LogP contribution in [0.4, 0.5) is 11.6 Å². The lowest BCUT2D eigenvalue weighted by Crippen LogP contribution is -2.12. The zero-order valence-electron chi connectivity index (χ0n) is 8.22. The number of nitrogens with one attached hydrogen (secondary N) is 2. The van der Waals surface area contributed by atoms with Gasteiger partial charge in [0.05, 0.1) is 10.0 Å². The molecule has 0 aliphatic heterocycles. The summed E-state index contributed by atoms with van der Waals surface area (Å²) < 4.78 is 0. The number of hydrogen-bond acceptors (Lipinski definition) is 4. The van der Waals surface area contributed by atoms with Crippen LogP contribution >= 0.6 is 23.2 Å². The summed E-state index contributed by atoms with van der Waals surface area (Å²) in [5, 5.41) is 4.16. The van der Waals surface area contributed by atoms with E-state index in [0.717, 1.165) is 6.42 Å². The highest BCUT2D eigenvalue weighted by molar-refractivity contribution is 6.37. The van der Waals surface area contributed by atoms with E-state index >= 15 is 0 Å². The second kappa shape index (κ2) is 4.04. The van der Waals surface area contributed by atoms with Crippen molar-refractivity contribution in [3.8, 4) is 0 Å². The molecular weight excluding hydrogens is 235 g/mol. The maximum absolute atomic E-state index is 6.00. The van der Waals surface area contributed by atoms with Crippen molar-refractivity contribution in [2.45, 2.75) is 19.4 Å². The standard InChI is InChI=1S/C9H12Cl2N4/c1-4-2-7(4)13-8-5(10)3-6(11)9(14-8)15-12/h3-4,7H,2,12H2,1H3,(H2,13,14,15). The molecule has 1 heterocycles. The van der Waals surface area contributed by atoms with Gasteiger partial charge in [-0.05, 0) is 18.4 Å². The molecule has 0 bridgehead atoms. The minimum absolute atomic E-state index is 0.414. The summed E-state index contributed by atoms with van der Waals surface area (Å²) in [7, 11) is 0. The van der Waals surface area contributed by atoms with Crippen molar-refractivity contribution < 1.29 is 0 Å². The van der Waals surface area contributed by atoms with E-state index in [-0.39, 0.29) is 0 Å². The first-order valence-electron chi connectivity index (χ1n) is 4.71. The minimum Gasteiger partial charge on any atom is -0.366 e. The van der Waals surface area contributed by atoms with Crippen LogP contribution in [-0.2, 0) is 0 Å². The third-order valence-electron chi connectivity index (χ3n) is 2.50. The average molecular weight is 247 g/mol. The predicted octanol–water partition coefficient (Wildman–Crippen LogP) is 2.49. The van der Waals surface area contributed by atoms with E-state index in [1.165, 1.54) is 0 Å². The molecular formula is C9H12Cl2N4. The normalized spacial score (nSPS) is 23.7. The summed E-state index contributed by atoms with van der Waals surface area (Å²) in [6, 6.07) is 2.09. The highest BCUT2D eigenvalue weighted by Gasteiger charge is 2.33. The van der Waals surface area contributed by atoms with Crippen molar-refractivity contribution in [3.05, 3.63) is 16.1 Å². The van der Waals surface area contributed by atoms with Crippen molar-refractivity contribution in [1.29, 1.82) is 0 Å². The second-order valence-corrected chi connectivity index (χ2v) is 4.57. The summed E-state index contributed by atoms with van der Waals surface area (Å²) >= 11 is 11.9. The molecule has 0 saturated heterocycles. The van der Waals surface area contributed by atoms with Crippen molar-refractivity contribution in [2.24, 2.45) is 11.8 Å². The molecule has 6 heteroatoms. The lowest BCUT2D eigenvalue weighted by Gasteiger charge is -2.09. The Kier molecular flexibility index (Phi) is 2.91. The maximum Gasteiger partial charge on any atom is 0.161 e. The molecule has 82 valence electrons. The summed E-state index contributed by atoms with van der Waals surface area (Å²) in [5.41, 5.74) is 2.43. The Hall–Kier alpha value is -0.710.